The van der Waals surface area contributed by atoms with Crippen LogP contribution < -0.4 is 0 Å². The smallest absolute Gasteiger partial charge is 0.167 e. The van der Waals surface area contributed by atoms with E-state index >= 15 is 0 Å². The summed E-state index contributed by atoms with van der Waals surface area (Å²) < 4.78 is 5.63. The molecule has 158 valence electrons. The molecule has 0 bridgehead atoms. The van der Waals surface area contributed by atoms with E-state index in [4.69, 9.17) is 16.3 Å². The lowest BCUT2D eigenvalue weighted by Gasteiger charge is -2.40. The maximum absolute atomic E-state index is 10.4. The van der Waals surface area contributed by atoms with Crippen molar-refractivity contribution >= 4 is 22.9 Å². The van der Waals surface area contributed by atoms with Gasteiger partial charge < -0.3 is 25.2 Å². The molecule has 0 saturated carbocycles. The minimum absolute atomic E-state index is 0.382. The first kappa shape index (κ1) is 21.2. The van der Waals surface area contributed by atoms with Crippen LogP contribution >= 0.6 is 22.9 Å². The topological polar surface area (TPSA) is 142 Å². The molecule has 0 unspecified atom stereocenters. The van der Waals surface area contributed by atoms with E-state index in [0.29, 0.717) is 33.4 Å². The molecule has 2 aromatic heterocycles. The van der Waals surface area contributed by atoms with Gasteiger partial charge in [-0.2, -0.15) is 5.10 Å². The number of aliphatic hydroxyl groups excluding tert-OH is 4. The van der Waals surface area contributed by atoms with Gasteiger partial charge in [0.05, 0.1) is 12.3 Å². The molecule has 5 atom stereocenters. The quantitative estimate of drug-likeness (QED) is 0.443. The Bertz CT molecular complexity index is 989. The van der Waals surface area contributed by atoms with Gasteiger partial charge >= 0.3 is 0 Å². The Hall–Kier alpha value is -2.05. The van der Waals surface area contributed by atoms with Gasteiger partial charge in [-0.25, -0.2) is 0 Å². The largest absolute Gasteiger partial charge is 0.394 e. The van der Waals surface area contributed by atoms with Crippen molar-refractivity contribution in [1.82, 2.24) is 20.4 Å². The summed E-state index contributed by atoms with van der Waals surface area (Å²) in [5.41, 5.74) is 4.21. The molecule has 4 N–H and O–H groups in total. The van der Waals surface area contributed by atoms with E-state index in [9.17, 15) is 20.4 Å². The Labute approximate surface area is 180 Å². The van der Waals surface area contributed by atoms with Gasteiger partial charge in [0.25, 0.3) is 0 Å². The fraction of sp³-hybridized carbons (Fsp3) is 0.368. The summed E-state index contributed by atoms with van der Waals surface area (Å²) in [6, 6.07) is 8.70. The molecule has 30 heavy (non-hydrogen) atoms. The van der Waals surface area contributed by atoms with Crippen LogP contribution in [-0.4, -0.2) is 71.8 Å². The molecule has 3 heterocycles. The standard InChI is InChI=1S/C19H19ClN4O5S/c20-12-3-1-9(18-17(28)16(27)15(26)14(7-25)29-18)5-10(12)6-11-2-4-13(23-22-11)19-24-21-8-30-19/h1-5,8,14-18,25-28H,6-7H2/t14-,15-,16+,17-,18+/m1/s1. The summed E-state index contributed by atoms with van der Waals surface area (Å²) in [6.45, 7) is -0.488. The first-order valence-electron chi connectivity index (χ1n) is 9.16. The second-order valence-electron chi connectivity index (χ2n) is 6.93. The Balaban J connectivity index is 1.56. The van der Waals surface area contributed by atoms with E-state index in [2.05, 4.69) is 20.4 Å². The molecule has 0 amide bonds. The van der Waals surface area contributed by atoms with Crippen molar-refractivity contribution in [1.29, 1.82) is 0 Å². The third kappa shape index (κ3) is 4.21. The van der Waals surface area contributed by atoms with Crippen LogP contribution in [0.2, 0.25) is 5.02 Å². The van der Waals surface area contributed by atoms with E-state index in [1.165, 1.54) is 11.3 Å². The number of hydrogen-bond donors (Lipinski definition) is 4. The van der Waals surface area contributed by atoms with Crippen LogP contribution in [0.4, 0.5) is 0 Å². The number of nitrogens with zero attached hydrogens (tertiary/aromatic N) is 4. The van der Waals surface area contributed by atoms with Gasteiger partial charge in [0.15, 0.2) is 5.01 Å². The van der Waals surface area contributed by atoms with Gasteiger partial charge in [-0.3, -0.25) is 0 Å². The predicted molar refractivity (Wildman–Crippen MR) is 108 cm³/mol. The highest BCUT2D eigenvalue weighted by atomic mass is 35.5. The van der Waals surface area contributed by atoms with Gasteiger partial charge in [0.1, 0.15) is 41.7 Å². The molecule has 4 rings (SSSR count). The van der Waals surface area contributed by atoms with Crippen molar-refractivity contribution in [2.24, 2.45) is 0 Å². The Kier molecular flexibility index (Phi) is 6.34. The van der Waals surface area contributed by atoms with Crippen LogP contribution in [0.25, 0.3) is 10.7 Å². The minimum Gasteiger partial charge on any atom is -0.394 e. The molecular formula is C19H19ClN4O5S. The molecule has 1 aliphatic rings. The van der Waals surface area contributed by atoms with Crippen molar-refractivity contribution in [3.63, 3.8) is 0 Å². The molecule has 1 aromatic carbocycles. The lowest BCUT2D eigenvalue weighted by atomic mass is 9.90. The molecule has 3 aromatic rings. The van der Waals surface area contributed by atoms with Gasteiger partial charge in [-0.1, -0.05) is 35.1 Å². The maximum Gasteiger partial charge on any atom is 0.167 e. The summed E-state index contributed by atoms with van der Waals surface area (Å²) in [5, 5.41) is 57.1. The van der Waals surface area contributed by atoms with E-state index < -0.39 is 37.1 Å². The van der Waals surface area contributed by atoms with Crippen LogP contribution in [0.1, 0.15) is 22.9 Å². The van der Waals surface area contributed by atoms with Gasteiger partial charge in [-0.05, 0) is 29.3 Å². The molecule has 1 fully saturated rings. The SMILES string of the molecule is OC[C@H]1O[C@@H](c2ccc(Cl)c(Cc3ccc(-c4nncs4)nn3)c2)[C@H](O)[C@@H](O)[C@@H]1O. The average molecular weight is 451 g/mol. The maximum atomic E-state index is 10.4. The van der Waals surface area contributed by atoms with Crippen molar-refractivity contribution < 1.29 is 25.2 Å². The zero-order chi connectivity index (χ0) is 21.3. The molecule has 0 radical (unpaired) electrons. The molecular weight excluding hydrogens is 432 g/mol. The number of hydrogen-bond acceptors (Lipinski definition) is 10. The average Bonchev–Trinajstić information content (AvgIpc) is 3.30. The number of aliphatic hydroxyl groups is 4. The zero-order valence-electron chi connectivity index (χ0n) is 15.5. The lowest BCUT2D eigenvalue weighted by Crippen LogP contribution is -2.55. The highest BCUT2D eigenvalue weighted by molar-refractivity contribution is 7.12. The van der Waals surface area contributed by atoms with E-state index in [1.54, 1.807) is 29.8 Å². The van der Waals surface area contributed by atoms with Crippen molar-refractivity contribution in [2.75, 3.05) is 6.61 Å². The number of halogens is 1. The molecule has 0 aliphatic carbocycles. The number of benzene rings is 1. The second kappa shape index (κ2) is 8.98. The van der Waals surface area contributed by atoms with Crippen molar-refractivity contribution in [3.8, 4) is 10.7 Å². The van der Waals surface area contributed by atoms with Crippen LogP contribution in [0.15, 0.2) is 35.8 Å². The molecule has 0 spiro atoms. The Morgan fingerprint density at radius 3 is 2.50 bits per heavy atom. The lowest BCUT2D eigenvalue weighted by molar-refractivity contribution is -0.231. The van der Waals surface area contributed by atoms with Crippen molar-refractivity contribution in [2.45, 2.75) is 36.9 Å². The monoisotopic (exact) mass is 450 g/mol. The zero-order valence-corrected chi connectivity index (χ0v) is 17.1. The Morgan fingerprint density at radius 2 is 1.83 bits per heavy atom. The molecule has 11 heteroatoms. The predicted octanol–water partition coefficient (Wildman–Crippen LogP) is 0.754. The Morgan fingerprint density at radius 1 is 1.00 bits per heavy atom. The summed E-state index contributed by atoms with van der Waals surface area (Å²) >= 11 is 7.71. The summed E-state index contributed by atoms with van der Waals surface area (Å²) in [4.78, 5) is 0. The highest BCUT2D eigenvalue weighted by Gasteiger charge is 2.44. The van der Waals surface area contributed by atoms with E-state index in [0.717, 1.165) is 5.56 Å². The van der Waals surface area contributed by atoms with E-state index in [1.807, 2.05) is 6.07 Å². The second-order valence-corrected chi connectivity index (χ2v) is 8.17. The number of ether oxygens (including phenoxy) is 1. The third-order valence-corrected chi connectivity index (χ3v) is 6.04. The minimum atomic E-state index is -1.45. The molecule has 9 nitrogen and oxygen atoms in total. The van der Waals surface area contributed by atoms with Gasteiger partial charge in [-0.15, -0.1) is 15.3 Å². The van der Waals surface area contributed by atoms with Crippen LogP contribution in [-0.2, 0) is 11.2 Å². The van der Waals surface area contributed by atoms with E-state index in [-0.39, 0.29) is 0 Å². The molecule has 1 aliphatic heterocycles. The normalized spacial score (nSPS) is 26.6. The number of rotatable bonds is 5. The van der Waals surface area contributed by atoms with Gasteiger partial charge in [0, 0.05) is 11.4 Å². The van der Waals surface area contributed by atoms with Crippen LogP contribution in [0.5, 0.6) is 0 Å². The fourth-order valence-electron chi connectivity index (χ4n) is 3.33. The highest BCUT2D eigenvalue weighted by Crippen LogP contribution is 2.34. The summed E-state index contributed by atoms with van der Waals surface area (Å²) in [6.07, 6.45) is -5.74. The summed E-state index contributed by atoms with van der Waals surface area (Å²) in [7, 11) is 0. The first-order valence-corrected chi connectivity index (χ1v) is 10.4. The number of aromatic nitrogens is 4. The molecule has 1 saturated heterocycles. The van der Waals surface area contributed by atoms with Gasteiger partial charge in [0.2, 0.25) is 0 Å². The van der Waals surface area contributed by atoms with Crippen LogP contribution in [0, 0.1) is 0 Å². The van der Waals surface area contributed by atoms with Crippen LogP contribution in [0.3, 0.4) is 0 Å². The van der Waals surface area contributed by atoms with Crippen molar-refractivity contribution in [3.05, 3.63) is 57.7 Å². The fourth-order valence-corrected chi connectivity index (χ4v) is 4.03. The summed E-state index contributed by atoms with van der Waals surface area (Å²) in [5.74, 6) is 0. The third-order valence-electron chi connectivity index (χ3n) is 4.96. The first-order chi connectivity index (χ1) is 14.5.